The predicted octanol–water partition coefficient (Wildman–Crippen LogP) is 5.30. The van der Waals surface area contributed by atoms with Crippen LogP contribution in [-0.2, 0) is 0 Å². The molecule has 2 aromatic heterocycles. The average molecular weight is 398 g/mol. The van der Waals surface area contributed by atoms with Crippen LogP contribution < -0.4 is 4.74 Å². The van der Waals surface area contributed by atoms with Crippen molar-refractivity contribution >= 4 is 13.7 Å². The summed E-state index contributed by atoms with van der Waals surface area (Å²) in [6.45, 7) is 6.72. The van der Waals surface area contributed by atoms with Crippen molar-refractivity contribution < 1.29 is 4.74 Å². The Hall–Kier alpha value is -3.36. The van der Waals surface area contributed by atoms with Crippen LogP contribution in [0.25, 0.3) is 28.0 Å². The number of fused-ring (bicyclic) bond motifs is 1. The predicted molar refractivity (Wildman–Crippen MR) is 121 cm³/mol. The lowest BCUT2D eigenvalue weighted by molar-refractivity contribution is 0.415. The third kappa shape index (κ3) is 4.08. The first kappa shape index (κ1) is 19.0. The highest BCUT2D eigenvalue weighted by Gasteiger charge is 2.15. The molecule has 5 heteroatoms. The first-order valence-corrected chi connectivity index (χ1v) is 13.1. The quantitative estimate of drug-likeness (QED) is 0.348. The molecule has 4 rings (SSSR count). The number of nitrogens with zero attached hydrogens (tertiary/aromatic N) is 3. The maximum absolute atomic E-state index is 5.29. The molecule has 2 heterocycles. The zero-order chi connectivity index (χ0) is 20.4. The Balaban J connectivity index is 1.93. The van der Waals surface area contributed by atoms with E-state index in [-0.39, 0.29) is 0 Å². The van der Waals surface area contributed by atoms with Crippen molar-refractivity contribution in [3.8, 4) is 39.6 Å². The molecule has 144 valence electrons. The Morgan fingerprint density at radius 1 is 0.931 bits per heavy atom. The van der Waals surface area contributed by atoms with Crippen LogP contribution in [0.2, 0.25) is 19.6 Å². The second kappa shape index (κ2) is 7.57. The molecule has 29 heavy (non-hydrogen) atoms. The van der Waals surface area contributed by atoms with E-state index in [2.05, 4.69) is 48.2 Å². The number of aromatic nitrogens is 3. The number of hydrogen-bond donors (Lipinski definition) is 0. The van der Waals surface area contributed by atoms with E-state index in [4.69, 9.17) is 9.84 Å². The summed E-state index contributed by atoms with van der Waals surface area (Å²) in [7, 11) is 0.103. The van der Waals surface area contributed by atoms with Crippen LogP contribution in [0.15, 0.2) is 66.9 Å². The fourth-order valence-corrected chi connectivity index (χ4v) is 3.53. The number of benzene rings is 2. The summed E-state index contributed by atoms with van der Waals surface area (Å²) in [5, 5.41) is 4.85. The topological polar surface area (TPSA) is 39.4 Å². The van der Waals surface area contributed by atoms with Gasteiger partial charge in [-0.2, -0.15) is 5.10 Å². The first-order valence-electron chi connectivity index (χ1n) is 9.56. The van der Waals surface area contributed by atoms with Gasteiger partial charge in [0.15, 0.2) is 5.65 Å². The smallest absolute Gasteiger partial charge is 0.157 e. The molecule has 0 saturated carbocycles. The van der Waals surface area contributed by atoms with Crippen molar-refractivity contribution in [2.75, 3.05) is 7.11 Å². The minimum atomic E-state index is -1.57. The fourth-order valence-electron chi connectivity index (χ4n) is 3.03. The second-order valence-corrected chi connectivity index (χ2v) is 12.7. The van der Waals surface area contributed by atoms with Crippen molar-refractivity contribution in [3.05, 3.63) is 72.6 Å². The van der Waals surface area contributed by atoms with Crippen molar-refractivity contribution in [1.82, 2.24) is 14.6 Å². The molecule has 0 fully saturated rings. The minimum Gasteiger partial charge on any atom is -0.497 e. The Labute approximate surface area is 172 Å². The highest BCUT2D eigenvalue weighted by atomic mass is 28.3. The Bertz CT molecular complexity index is 1210. The lowest BCUT2D eigenvalue weighted by Gasteiger charge is -2.09. The molecular weight excluding hydrogens is 374 g/mol. The molecule has 0 amide bonds. The van der Waals surface area contributed by atoms with Gasteiger partial charge in [0, 0.05) is 23.4 Å². The largest absolute Gasteiger partial charge is 0.497 e. The fraction of sp³-hybridized carbons (Fsp3) is 0.167. The third-order valence-electron chi connectivity index (χ3n) is 4.51. The Morgan fingerprint density at radius 3 is 2.31 bits per heavy atom. The van der Waals surface area contributed by atoms with Crippen LogP contribution in [0.1, 0.15) is 5.69 Å². The van der Waals surface area contributed by atoms with E-state index in [1.54, 1.807) is 7.11 Å². The molecule has 0 atom stereocenters. The van der Waals surface area contributed by atoms with Gasteiger partial charge < -0.3 is 4.74 Å². The van der Waals surface area contributed by atoms with Crippen molar-refractivity contribution in [2.45, 2.75) is 19.6 Å². The SMILES string of the molecule is COc1ccc(-c2cnc3cc(-c4ccccc4)nn3c2C#C[Si](C)(C)C)cc1. The van der Waals surface area contributed by atoms with E-state index in [9.17, 15) is 0 Å². The zero-order valence-electron chi connectivity index (χ0n) is 17.1. The summed E-state index contributed by atoms with van der Waals surface area (Å²) in [5.74, 6) is 4.25. The van der Waals surface area contributed by atoms with E-state index >= 15 is 0 Å². The molecule has 0 aliphatic rings. The summed E-state index contributed by atoms with van der Waals surface area (Å²) in [6.07, 6.45) is 1.89. The summed E-state index contributed by atoms with van der Waals surface area (Å²) in [6, 6.07) is 20.1. The molecule has 0 bridgehead atoms. The van der Waals surface area contributed by atoms with Gasteiger partial charge in [-0.05, 0) is 17.7 Å². The van der Waals surface area contributed by atoms with Gasteiger partial charge in [-0.3, -0.25) is 0 Å². The molecular formula is C24H23N3OSi. The van der Waals surface area contributed by atoms with Crippen LogP contribution in [0.5, 0.6) is 5.75 Å². The normalized spacial score (nSPS) is 11.2. The molecule has 0 aliphatic carbocycles. The van der Waals surface area contributed by atoms with Gasteiger partial charge in [-0.1, -0.05) is 68.0 Å². The summed E-state index contributed by atoms with van der Waals surface area (Å²) < 4.78 is 7.16. The maximum atomic E-state index is 5.29. The van der Waals surface area contributed by atoms with Gasteiger partial charge in [-0.25, -0.2) is 9.50 Å². The van der Waals surface area contributed by atoms with E-state index < -0.39 is 8.07 Å². The Morgan fingerprint density at radius 2 is 1.66 bits per heavy atom. The van der Waals surface area contributed by atoms with Crippen LogP contribution >= 0.6 is 0 Å². The lowest BCUT2D eigenvalue weighted by Crippen LogP contribution is -2.16. The third-order valence-corrected chi connectivity index (χ3v) is 5.38. The van der Waals surface area contributed by atoms with Crippen LogP contribution in [0.4, 0.5) is 0 Å². The van der Waals surface area contributed by atoms with E-state index in [0.29, 0.717) is 0 Å². The first-order chi connectivity index (χ1) is 13.9. The van der Waals surface area contributed by atoms with Gasteiger partial charge in [0.25, 0.3) is 0 Å². The molecule has 0 saturated heterocycles. The molecule has 0 aliphatic heterocycles. The van der Waals surface area contributed by atoms with Crippen molar-refractivity contribution in [3.63, 3.8) is 0 Å². The van der Waals surface area contributed by atoms with Crippen LogP contribution in [-0.4, -0.2) is 29.8 Å². The van der Waals surface area contributed by atoms with Gasteiger partial charge in [0.05, 0.1) is 12.8 Å². The molecule has 2 aromatic carbocycles. The van der Waals surface area contributed by atoms with E-state index in [1.165, 1.54) is 0 Å². The zero-order valence-corrected chi connectivity index (χ0v) is 18.1. The van der Waals surface area contributed by atoms with Crippen molar-refractivity contribution in [1.29, 1.82) is 0 Å². The van der Waals surface area contributed by atoms with Gasteiger partial charge in [0.1, 0.15) is 19.5 Å². The number of hydrogen-bond acceptors (Lipinski definition) is 3. The lowest BCUT2D eigenvalue weighted by atomic mass is 10.1. The number of methoxy groups -OCH3 is 1. The van der Waals surface area contributed by atoms with Crippen LogP contribution in [0.3, 0.4) is 0 Å². The molecule has 0 N–H and O–H groups in total. The minimum absolute atomic E-state index is 0.793. The standard InChI is InChI=1S/C24H23N3OSi/c1-28-20-12-10-18(11-13-20)21-17-25-24-16-22(19-8-6-5-7-9-19)26-27(24)23(21)14-15-29(2,3)4/h5-13,16-17H,1-4H3. The summed E-state index contributed by atoms with van der Waals surface area (Å²) in [5.41, 5.74) is 9.10. The number of rotatable bonds is 3. The molecule has 4 aromatic rings. The van der Waals surface area contributed by atoms with Gasteiger partial charge >= 0.3 is 0 Å². The average Bonchev–Trinajstić information content (AvgIpc) is 3.17. The van der Waals surface area contributed by atoms with Crippen LogP contribution in [0, 0.1) is 11.5 Å². The monoisotopic (exact) mass is 397 g/mol. The maximum Gasteiger partial charge on any atom is 0.157 e. The van der Waals surface area contributed by atoms with E-state index in [1.807, 2.05) is 59.2 Å². The van der Waals surface area contributed by atoms with E-state index in [0.717, 1.165) is 39.5 Å². The highest BCUT2D eigenvalue weighted by molar-refractivity contribution is 6.83. The Kier molecular flexibility index (Phi) is 4.95. The molecule has 0 spiro atoms. The molecule has 4 nitrogen and oxygen atoms in total. The summed E-state index contributed by atoms with van der Waals surface area (Å²) >= 11 is 0. The molecule has 0 unspecified atom stereocenters. The highest BCUT2D eigenvalue weighted by Crippen LogP contribution is 2.27. The molecule has 0 radical (unpaired) electrons. The van der Waals surface area contributed by atoms with Gasteiger partial charge in [0.2, 0.25) is 0 Å². The second-order valence-electron chi connectivity index (χ2n) is 7.91. The van der Waals surface area contributed by atoms with Gasteiger partial charge in [-0.15, -0.1) is 5.54 Å². The summed E-state index contributed by atoms with van der Waals surface area (Å²) in [4.78, 5) is 4.66. The number of ether oxygens (including phenoxy) is 1. The van der Waals surface area contributed by atoms with Crippen molar-refractivity contribution in [2.24, 2.45) is 0 Å².